The van der Waals surface area contributed by atoms with Crippen LogP contribution in [0.3, 0.4) is 0 Å². The lowest BCUT2D eigenvalue weighted by atomic mass is 10.1. The molecule has 2 rings (SSSR count). The molecule has 0 radical (unpaired) electrons. The van der Waals surface area contributed by atoms with Crippen LogP contribution >= 0.6 is 11.6 Å². The van der Waals surface area contributed by atoms with Gasteiger partial charge in [-0.2, -0.15) is 0 Å². The second kappa shape index (κ2) is 6.36. The molecule has 5 heteroatoms. The van der Waals surface area contributed by atoms with Crippen LogP contribution in [0.25, 0.3) is 0 Å². The normalized spacial score (nSPS) is 21.3. The van der Waals surface area contributed by atoms with Crippen LogP contribution in [-0.4, -0.2) is 11.8 Å². The molecule has 2 atom stereocenters. The van der Waals surface area contributed by atoms with E-state index >= 15 is 0 Å². The summed E-state index contributed by atoms with van der Waals surface area (Å²) >= 11 is 6.04. The third-order valence-electron chi connectivity index (χ3n) is 4.25. The van der Waals surface area contributed by atoms with Crippen molar-refractivity contribution in [2.24, 2.45) is 17.3 Å². The Balaban J connectivity index is 2.12. The van der Waals surface area contributed by atoms with Gasteiger partial charge in [-0.1, -0.05) is 37.1 Å². The number of benzene rings is 1. The number of hydrogen-bond acceptors (Lipinski definition) is 2. The standard InChI is InChI=1S/C18H23ClN2O2/c1-10(2)8-13-16(18(13,4)5)17(23)21-12-6-7-14(19)15(9-12)20-11(3)22/h6-9,13,16H,1-5H3,(H,20,22)(H,21,23). The summed E-state index contributed by atoms with van der Waals surface area (Å²) in [5, 5.41) is 6.01. The lowest BCUT2D eigenvalue weighted by Gasteiger charge is -2.10. The highest BCUT2D eigenvalue weighted by Crippen LogP contribution is 2.59. The van der Waals surface area contributed by atoms with Crippen LogP contribution < -0.4 is 10.6 Å². The molecule has 1 aliphatic rings. The van der Waals surface area contributed by atoms with E-state index in [1.807, 2.05) is 13.8 Å². The van der Waals surface area contributed by atoms with Crippen LogP contribution in [-0.2, 0) is 9.59 Å². The first-order valence-corrected chi connectivity index (χ1v) is 8.03. The van der Waals surface area contributed by atoms with Crippen molar-refractivity contribution in [2.45, 2.75) is 34.6 Å². The predicted molar refractivity (Wildman–Crippen MR) is 94.6 cm³/mol. The fourth-order valence-electron chi connectivity index (χ4n) is 2.96. The Labute approximate surface area is 142 Å². The highest BCUT2D eigenvalue weighted by Gasteiger charge is 2.60. The highest BCUT2D eigenvalue weighted by molar-refractivity contribution is 6.33. The molecule has 1 aromatic rings. The minimum atomic E-state index is -0.206. The molecule has 1 fully saturated rings. The molecule has 124 valence electrons. The fourth-order valence-corrected chi connectivity index (χ4v) is 3.12. The zero-order chi connectivity index (χ0) is 17.4. The molecule has 23 heavy (non-hydrogen) atoms. The molecule has 0 spiro atoms. The largest absolute Gasteiger partial charge is 0.326 e. The van der Waals surface area contributed by atoms with Gasteiger partial charge in [0.25, 0.3) is 0 Å². The van der Waals surface area contributed by atoms with E-state index in [-0.39, 0.29) is 29.1 Å². The molecule has 0 aliphatic heterocycles. The average Bonchev–Trinajstić information content (AvgIpc) is 2.93. The first-order valence-electron chi connectivity index (χ1n) is 7.66. The summed E-state index contributed by atoms with van der Waals surface area (Å²) in [7, 11) is 0. The number of carbonyl (C=O) groups excluding carboxylic acids is 2. The van der Waals surface area contributed by atoms with Crippen molar-refractivity contribution in [3.05, 3.63) is 34.9 Å². The summed E-state index contributed by atoms with van der Waals surface area (Å²) in [6, 6.07) is 5.07. The van der Waals surface area contributed by atoms with Gasteiger partial charge in [0.2, 0.25) is 11.8 Å². The van der Waals surface area contributed by atoms with E-state index in [0.29, 0.717) is 16.4 Å². The molecule has 2 unspecified atom stereocenters. The van der Waals surface area contributed by atoms with Crippen molar-refractivity contribution in [3.8, 4) is 0 Å². The van der Waals surface area contributed by atoms with Gasteiger partial charge >= 0.3 is 0 Å². The van der Waals surface area contributed by atoms with E-state index < -0.39 is 0 Å². The van der Waals surface area contributed by atoms with Gasteiger partial charge in [-0.05, 0) is 43.4 Å². The molecule has 0 bridgehead atoms. The van der Waals surface area contributed by atoms with Crippen LogP contribution in [0.4, 0.5) is 11.4 Å². The number of nitrogens with one attached hydrogen (secondary N) is 2. The summed E-state index contributed by atoms with van der Waals surface area (Å²) in [4.78, 5) is 23.7. The molecule has 1 aliphatic carbocycles. The van der Waals surface area contributed by atoms with Crippen LogP contribution in [0, 0.1) is 17.3 Å². The molecule has 4 nitrogen and oxygen atoms in total. The summed E-state index contributed by atoms with van der Waals surface area (Å²) in [6.07, 6.45) is 2.16. The smallest absolute Gasteiger partial charge is 0.228 e. The number of halogens is 1. The van der Waals surface area contributed by atoms with Crippen molar-refractivity contribution in [1.82, 2.24) is 0 Å². The number of anilines is 2. The van der Waals surface area contributed by atoms with Gasteiger partial charge in [0, 0.05) is 12.6 Å². The predicted octanol–water partition coefficient (Wildman–Crippen LogP) is 4.48. The highest BCUT2D eigenvalue weighted by atomic mass is 35.5. The number of rotatable bonds is 4. The Bertz CT molecular complexity index is 676. The van der Waals surface area contributed by atoms with Crippen molar-refractivity contribution >= 4 is 34.8 Å². The van der Waals surface area contributed by atoms with Crippen molar-refractivity contribution in [1.29, 1.82) is 0 Å². The maximum Gasteiger partial charge on any atom is 0.228 e. The quantitative estimate of drug-likeness (QED) is 0.798. The van der Waals surface area contributed by atoms with E-state index in [0.717, 1.165) is 0 Å². The fraction of sp³-hybridized carbons (Fsp3) is 0.444. The molecule has 0 heterocycles. The molecular formula is C18H23ClN2O2. The Morgan fingerprint density at radius 1 is 1.17 bits per heavy atom. The maximum atomic E-state index is 12.5. The SMILES string of the molecule is CC(=O)Nc1cc(NC(=O)C2C(C=C(C)C)C2(C)C)ccc1Cl. The summed E-state index contributed by atoms with van der Waals surface area (Å²) in [5.74, 6) is 0.00262. The minimum Gasteiger partial charge on any atom is -0.326 e. The van der Waals surface area contributed by atoms with E-state index in [9.17, 15) is 9.59 Å². The molecule has 1 saturated carbocycles. The molecular weight excluding hydrogens is 312 g/mol. The number of hydrogen-bond donors (Lipinski definition) is 2. The second-order valence-corrected chi connectivity index (χ2v) is 7.34. The second-order valence-electron chi connectivity index (χ2n) is 6.93. The molecule has 0 aromatic heterocycles. The third kappa shape index (κ3) is 3.94. The van der Waals surface area contributed by atoms with Gasteiger partial charge < -0.3 is 10.6 Å². The summed E-state index contributed by atoms with van der Waals surface area (Å²) in [6.45, 7) is 9.71. The zero-order valence-corrected chi connectivity index (χ0v) is 14.9. The lowest BCUT2D eigenvalue weighted by molar-refractivity contribution is -0.118. The Hall–Kier alpha value is -1.81. The lowest BCUT2D eigenvalue weighted by Crippen LogP contribution is -2.17. The van der Waals surface area contributed by atoms with E-state index in [4.69, 9.17) is 11.6 Å². The molecule has 0 saturated heterocycles. The summed E-state index contributed by atoms with van der Waals surface area (Å²) < 4.78 is 0. The van der Waals surface area contributed by atoms with Gasteiger partial charge in [-0.3, -0.25) is 9.59 Å². The summed E-state index contributed by atoms with van der Waals surface area (Å²) in [5.41, 5.74) is 2.31. The molecule has 2 N–H and O–H groups in total. The third-order valence-corrected chi connectivity index (χ3v) is 4.58. The van der Waals surface area contributed by atoms with Gasteiger partial charge in [0.05, 0.1) is 16.6 Å². The van der Waals surface area contributed by atoms with Gasteiger partial charge in [-0.25, -0.2) is 0 Å². The van der Waals surface area contributed by atoms with Crippen LogP contribution in [0.15, 0.2) is 29.8 Å². The van der Waals surface area contributed by atoms with Crippen molar-refractivity contribution < 1.29 is 9.59 Å². The first kappa shape index (κ1) is 17.5. The average molecular weight is 335 g/mol. The van der Waals surface area contributed by atoms with Crippen molar-refractivity contribution in [3.63, 3.8) is 0 Å². The van der Waals surface area contributed by atoms with Crippen LogP contribution in [0.1, 0.15) is 34.6 Å². The molecule has 2 amide bonds. The Kier molecular flexibility index (Phi) is 4.85. The Morgan fingerprint density at radius 2 is 1.83 bits per heavy atom. The number of carbonyl (C=O) groups is 2. The van der Waals surface area contributed by atoms with Gasteiger partial charge in [-0.15, -0.1) is 0 Å². The van der Waals surface area contributed by atoms with Gasteiger partial charge in [0.1, 0.15) is 0 Å². The van der Waals surface area contributed by atoms with Crippen LogP contribution in [0.2, 0.25) is 5.02 Å². The monoisotopic (exact) mass is 334 g/mol. The topological polar surface area (TPSA) is 58.2 Å². The molecule has 1 aromatic carbocycles. The van der Waals surface area contributed by atoms with E-state index in [1.165, 1.54) is 12.5 Å². The van der Waals surface area contributed by atoms with Crippen LogP contribution in [0.5, 0.6) is 0 Å². The van der Waals surface area contributed by atoms with E-state index in [1.54, 1.807) is 18.2 Å². The van der Waals surface area contributed by atoms with Crippen molar-refractivity contribution in [2.75, 3.05) is 10.6 Å². The first-order chi connectivity index (χ1) is 10.6. The number of amides is 2. The Morgan fingerprint density at radius 3 is 2.39 bits per heavy atom. The van der Waals surface area contributed by atoms with Gasteiger partial charge in [0.15, 0.2) is 0 Å². The minimum absolute atomic E-state index is 0.00593. The van der Waals surface area contributed by atoms with E-state index in [2.05, 4.69) is 30.6 Å². The zero-order valence-electron chi connectivity index (χ0n) is 14.2. The maximum absolute atomic E-state index is 12.5. The number of allylic oxidation sites excluding steroid dienone is 2.